The van der Waals surface area contributed by atoms with E-state index in [0.717, 1.165) is 4.47 Å². The minimum atomic E-state index is -1.21. The molecule has 0 aliphatic heterocycles. The van der Waals surface area contributed by atoms with Crippen LogP contribution >= 0.6 is 15.9 Å². The van der Waals surface area contributed by atoms with Crippen LogP contribution in [0, 0.1) is 0 Å². The van der Waals surface area contributed by atoms with E-state index < -0.39 is 11.6 Å². The number of carbonyl (C=O) groups is 1. The molecule has 0 aromatic heterocycles. The number of rotatable bonds is 6. The van der Waals surface area contributed by atoms with Gasteiger partial charge in [0.15, 0.2) is 0 Å². The number of aliphatic hydroxyl groups is 1. The molecule has 4 nitrogen and oxygen atoms in total. The second kappa shape index (κ2) is 6.87. The lowest BCUT2D eigenvalue weighted by Crippen LogP contribution is -2.30. The van der Waals surface area contributed by atoms with Gasteiger partial charge in [0.05, 0.1) is 0 Å². The van der Waals surface area contributed by atoms with Gasteiger partial charge >= 0.3 is 5.97 Å². The van der Waals surface area contributed by atoms with Gasteiger partial charge in [-0.05, 0) is 31.5 Å². The quantitative estimate of drug-likeness (QED) is 0.818. The molecule has 0 aliphatic rings. The summed E-state index contributed by atoms with van der Waals surface area (Å²) in [4.78, 5) is 11.3. The van der Waals surface area contributed by atoms with Gasteiger partial charge < -0.3 is 14.6 Å². The molecule has 0 radical (unpaired) electrons. The highest BCUT2D eigenvalue weighted by Crippen LogP contribution is 2.22. The van der Waals surface area contributed by atoms with E-state index in [9.17, 15) is 9.90 Å². The number of ether oxygens (including phenoxy) is 2. The molecule has 0 aliphatic carbocycles. The number of hydrogen-bond donors (Lipinski definition) is 1. The van der Waals surface area contributed by atoms with Crippen LogP contribution in [0.3, 0.4) is 0 Å². The molecule has 0 spiro atoms. The van der Waals surface area contributed by atoms with Crippen molar-refractivity contribution in [2.75, 3.05) is 19.8 Å². The largest absolute Gasteiger partial charge is 0.461 e. The lowest BCUT2D eigenvalue weighted by Gasteiger charge is -2.23. The van der Waals surface area contributed by atoms with Gasteiger partial charge in [-0.1, -0.05) is 28.1 Å². The highest BCUT2D eigenvalue weighted by atomic mass is 79.9. The second-order valence-electron chi connectivity index (χ2n) is 4.08. The van der Waals surface area contributed by atoms with Gasteiger partial charge in [-0.15, -0.1) is 0 Å². The van der Waals surface area contributed by atoms with Crippen molar-refractivity contribution in [3.05, 3.63) is 34.3 Å². The van der Waals surface area contributed by atoms with Crippen molar-refractivity contribution >= 4 is 21.9 Å². The Bertz CT molecular complexity index is 386. The monoisotopic (exact) mass is 316 g/mol. The predicted octanol–water partition coefficient (Wildman–Crippen LogP) is 2.24. The maximum absolute atomic E-state index is 11.3. The maximum atomic E-state index is 11.3. The highest BCUT2D eigenvalue weighted by Gasteiger charge is 2.25. The van der Waals surface area contributed by atoms with E-state index in [0.29, 0.717) is 12.2 Å². The lowest BCUT2D eigenvalue weighted by atomic mass is 9.97. The van der Waals surface area contributed by atoms with Crippen LogP contribution < -0.4 is 0 Å². The van der Waals surface area contributed by atoms with Gasteiger partial charge in [-0.3, -0.25) is 0 Å². The van der Waals surface area contributed by atoms with Gasteiger partial charge in [-0.25, -0.2) is 4.79 Å². The molecule has 0 saturated heterocycles. The van der Waals surface area contributed by atoms with Crippen molar-refractivity contribution in [1.82, 2.24) is 0 Å². The van der Waals surface area contributed by atoms with Crippen molar-refractivity contribution < 1.29 is 19.4 Å². The van der Waals surface area contributed by atoms with Crippen molar-refractivity contribution in [3.63, 3.8) is 0 Å². The fraction of sp³-hybridized carbons (Fsp3) is 0.462. The summed E-state index contributed by atoms with van der Waals surface area (Å²) in [5.74, 6) is -0.478. The molecule has 5 heteroatoms. The maximum Gasteiger partial charge on any atom is 0.332 e. The fourth-order valence-corrected chi connectivity index (χ4v) is 1.60. The zero-order valence-electron chi connectivity index (χ0n) is 10.5. The Morgan fingerprint density at radius 1 is 1.39 bits per heavy atom. The summed E-state index contributed by atoms with van der Waals surface area (Å²) in [7, 11) is 0. The Kier molecular flexibility index (Phi) is 5.78. The number of esters is 1. The van der Waals surface area contributed by atoms with E-state index in [1.165, 1.54) is 0 Å². The zero-order chi connectivity index (χ0) is 13.6. The van der Waals surface area contributed by atoms with E-state index >= 15 is 0 Å². The summed E-state index contributed by atoms with van der Waals surface area (Å²) >= 11 is 3.32. The second-order valence-corrected chi connectivity index (χ2v) is 4.99. The van der Waals surface area contributed by atoms with Crippen LogP contribution in [-0.4, -0.2) is 30.9 Å². The fourth-order valence-electron chi connectivity index (χ4n) is 1.34. The SMILES string of the molecule is CCOCC(=O)OCC(C)(O)c1ccc(Br)cc1. The Hall–Kier alpha value is -0.910. The highest BCUT2D eigenvalue weighted by molar-refractivity contribution is 9.10. The summed E-state index contributed by atoms with van der Waals surface area (Å²) in [5, 5.41) is 10.2. The minimum Gasteiger partial charge on any atom is -0.461 e. The molecule has 18 heavy (non-hydrogen) atoms. The van der Waals surface area contributed by atoms with Gasteiger partial charge in [0.25, 0.3) is 0 Å². The first kappa shape index (κ1) is 15.1. The Labute approximate surface area is 115 Å². The van der Waals surface area contributed by atoms with Crippen molar-refractivity contribution in [1.29, 1.82) is 0 Å². The van der Waals surface area contributed by atoms with Gasteiger partial charge in [0.1, 0.15) is 18.8 Å². The third kappa shape index (κ3) is 4.76. The third-order valence-electron chi connectivity index (χ3n) is 2.40. The van der Waals surface area contributed by atoms with Gasteiger partial charge in [0, 0.05) is 11.1 Å². The number of carbonyl (C=O) groups excluding carboxylic acids is 1. The van der Waals surface area contributed by atoms with Gasteiger partial charge in [-0.2, -0.15) is 0 Å². The molecular formula is C13H17BrO4. The smallest absolute Gasteiger partial charge is 0.332 e. The molecule has 1 unspecified atom stereocenters. The van der Waals surface area contributed by atoms with Crippen LogP contribution in [0.5, 0.6) is 0 Å². The number of hydrogen-bond acceptors (Lipinski definition) is 4. The van der Waals surface area contributed by atoms with Crippen LogP contribution in [0.15, 0.2) is 28.7 Å². The van der Waals surface area contributed by atoms with Gasteiger partial charge in [0.2, 0.25) is 0 Å². The third-order valence-corrected chi connectivity index (χ3v) is 2.93. The lowest BCUT2D eigenvalue weighted by molar-refractivity contribution is -0.156. The van der Waals surface area contributed by atoms with Crippen LogP contribution in [0.2, 0.25) is 0 Å². The van der Waals surface area contributed by atoms with Crippen LogP contribution in [0.4, 0.5) is 0 Å². The van der Waals surface area contributed by atoms with E-state index in [1.807, 2.05) is 12.1 Å². The molecule has 0 fully saturated rings. The van der Waals surface area contributed by atoms with Crippen molar-refractivity contribution in [2.45, 2.75) is 19.4 Å². The van der Waals surface area contributed by atoms with E-state index in [2.05, 4.69) is 15.9 Å². The molecule has 0 amide bonds. The van der Waals surface area contributed by atoms with E-state index in [4.69, 9.17) is 9.47 Å². The molecule has 1 atom stereocenters. The average molecular weight is 317 g/mol. The summed E-state index contributed by atoms with van der Waals surface area (Å²) in [5.41, 5.74) is -0.516. The molecule has 0 bridgehead atoms. The first-order valence-electron chi connectivity index (χ1n) is 5.67. The Morgan fingerprint density at radius 2 is 2.00 bits per heavy atom. The molecular weight excluding hydrogens is 300 g/mol. The first-order chi connectivity index (χ1) is 8.45. The topological polar surface area (TPSA) is 55.8 Å². The minimum absolute atomic E-state index is 0.0904. The summed E-state index contributed by atoms with van der Waals surface area (Å²) in [6.45, 7) is 3.67. The van der Waals surface area contributed by atoms with E-state index in [-0.39, 0.29) is 13.2 Å². The molecule has 1 aromatic carbocycles. The molecule has 0 heterocycles. The zero-order valence-corrected chi connectivity index (χ0v) is 12.1. The van der Waals surface area contributed by atoms with Crippen LogP contribution in [0.1, 0.15) is 19.4 Å². The standard InChI is InChI=1S/C13H17BrO4/c1-3-17-8-12(15)18-9-13(2,16)10-4-6-11(14)7-5-10/h4-7,16H,3,8-9H2,1-2H3. The molecule has 1 N–H and O–H groups in total. The Morgan fingerprint density at radius 3 is 2.56 bits per heavy atom. The molecule has 0 saturated carbocycles. The van der Waals surface area contributed by atoms with Crippen LogP contribution in [0.25, 0.3) is 0 Å². The van der Waals surface area contributed by atoms with Crippen molar-refractivity contribution in [3.8, 4) is 0 Å². The summed E-state index contributed by atoms with van der Waals surface area (Å²) < 4.78 is 10.8. The average Bonchev–Trinajstić information content (AvgIpc) is 2.34. The normalized spacial score (nSPS) is 14.0. The van der Waals surface area contributed by atoms with E-state index in [1.54, 1.807) is 26.0 Å². The first-order valence-corrected chi connectivity index (χ1v) is 6.47. The predicted molar refractivity (Wildman–Crippen MR) is 71.2 cm³/mol. The van der Waals surface area contributed by atoms with Crippen molar-refractivity contribution in [2.24, 2.45) is 0 Å². The molecule has 1 rings (SSSR count). The summed E-state index contributed by atoms with van der Waals surface area (Å²) in [6, 6.07) is 7.21. The molecule has 1 aromatic rings. The number of benzene rings is 1. The molecule has 100 valence electrons. The number of halogens is 1. The summed E-state index contributed by atoms with van der Waals surface area (Å²) in [6.07, 6.45) is 0. The van der Waals surface area contributed by atoms with Crippen LogP contribution in [-0.2, 0) is 19.9 Å². The Balaban J connectivity index is 2.54.